The number of aromatic nitrogens is 2. The lowest BCUT2D eigenvalue weighted by atomic mass is 10.0. The highest BCUT2D eigenvalue weighted by Gasteiger charge is 2.22. The summed E-state index contributed by atoms with van der Waals surface area (Å²) < 4.78 is 1.67. The number of nitrogens with one attached hydrogen (secondary N) is 1. The number of carbonyl (C=O) groups is 1. The maximum Gasteiger partial charge on any atom is 0.254 e. The Morgan fingerprint density at radius 1 is 1.18 bits per heavy atom. The molecule has 1 atom stereocenters. The molecule has 0 saturated carbocycles. The lowest BCUT2D eigenvalue weighted by molar-refractivity contribution is 0.0901. The van der Waals surface area contributed by atoms with Crippen molar-refractivity contribution in [2.45, 2.75) is 25.4 Å². The van der Waals surface area contributed by atoms with Gasteiger partial charge in [-0.1, -0.05) is 48.0 Å². The highest BCUT2D eigenvalue weighted by Crippen LogP contribution is 2.16. The molecule has 0 spiro atoms. The molecule has 5 nitrogen and oxygen atoms in total. The van der Waals surface area contributed by atoms with E-state index in [9.17, 15) is 4.79 Å². The number of benzene rings is 2. The summed E-state index contributed by atoms with van der Waals surface area (Å²) >= 11 is 6.04. The highest BCUT2D eigenvalue weighted by atomic mass is 35.5. The number of hydrogen-bond acceptors (Lipinski definition) is 3. The topological polar surface area (TPSA) is 50.2 Å². The first-order chi connectivity index (χ1) is 13.7. The molecule has 0 bridgehead atoms. The number of piperidine rings is 1. The first-order valence-electron chi connectivity index (χ1n) is 9.55. The molecule has 6 heteroatoms. The molecule has 1 aromatic heterocycles. The molecule has 1 fully saturated rings. The van der Waals surface area contributed by atoms with E-state index in [1.807, 2.05) is 30.3 Å². The van der Waals surface area contributed by atoms with E-state index in [1.165, 1.54) is 5.56 Å². The zero-order chi connectivity index (χ0) is 19.3. The quantitative estimate of drug-likeness (QED) is 0.713. The predicted octanol–water partition coefficient (Wildman–Crippen LogP) is 3.92. The van der Waals surface area contributed by atoms with Crippen LogP contribution in [0.3, 0.4) is 0 Å². The minimum absolute atomic E-state index is 0.0835. The molecule has 1 amide bonds. The van der Waals surface area contributed by atoms with Gasteiger partial charge in [0, 0.05) is 30.4 Å². The first-order valence-corrected chi connectivity index (χ1v) is 9.93. The third-order valence-electron chi connectivity index (χ3n) is 5.01. The first kappa shape index (κ1) is 18.7. The lowest BCUT2D eigenvalue weighted by Crippen LogP contribution is -2.47. The van der Waals surface area contributed by atoms with Crippen LogP contribution in [0, 0.1) is 0 Å². The summed E-state index contributed by atoms with van der Waals surface area (Å²) in [5.74, 6) is -0.0835. The van der Waals surface area contributed by atoms with Gasteiger partial charge in [-0.05, 0) is 43.1 Å². The highest BCUT2D eigenvalue weighted by molar-refractivity contribution is 6.30. The van der Waals surface area contributed by atoms with Crippen LogP contribution in [0.25, 0.3) is 5.69 Å². The van der Waals surface area contributed by atoms with Gasteiger partial charge >= 0.3 is 0 Å². The Kier molecular flexibility index (Phi) is 5.74. The van der Waals surface area contributed by atoms with Crippen molar-refractivity contribution in [1.29, 1.82) is 0 Å². The maximum atomic E-state index is 12.7. The van der Waals surface area contributed by atoms with Crippen LogP contribution in [0.4, 0.5) is 0 Å². The average Bonchev–Trinajstić information content (AvgIpc) is 3.20. The average molecular weight is 395 g/mol. The van der Waals surface area contributed by atoms with E-state index in [2.05, 4.69) is 39.6 Å². The molecule has 1 N–H and O–H groups in total. The Morgan fingerprint density at radius 2 is 2.04 bits per heavy atom. The molecule has 28 heavy (non-hydrogen) atoms. The lowest BCUT2D eigenvalue weighted by Gasteiger charge is -2.33. The number of rotatable bonds is 5. The Balaban J connectivity index is 1.37. The minimum atomic E-state index is -0.0835. The fraction of sp³-hybridized carbons (Fsp3) is 0.273. The Bertz CT molecular complexity index is 940. The second-order valence-electron chi connectivity index (χ2n) is 7.19. The zero-order valence-corrected chi connectivity index (χ0v) is 16.3. The molecule has 4 rings (SSSR count). The molecule has 0 radical (unpaired) electrons. The van der Waals surface area contributed by atoms with E-state index in [4.69, 9.17) is 11.6 Å². The van der Waals surface area contributed by atoms with Gasteiger partial charge in [0.15, 0.2) is 0 Å². The van der Waals surface area contributed by atoms with E-state index in [-0.39, 0.29) is 11.9 Å². The van der Waals surface area contributed by atoms with E-state index < -0.39 is 0 Å². The molecule has 0 aliphatic carbocycles. The molecular formula is C22H23ClN4O. The van der Waals surface area contributed by atoms with Gasteiger partial charge in [0.05, 0.1) is 17.4 Å². The molecule has 2 heterocycles. The van der Waals surface area contributed by atoms with Gasteiger partial charge in [0.2, 0.25) is 0 Å². The molecule has 1 unspecified atom stereocenters. The molecule has 3 aromatic rings. The van der Waals surface area contributed by atoms with Gasteiger partial charge in [-0.25, -0.2) is 4.68 Å². The SMILES string of the molecule is O=C(NC1CCCN(Cc2ccccc2)C1)c1cnn(-c2cccc(Cl)c2)c1. The van der Waals surface area contributed by atoms with Crippen molar-refractivity contribution in [2.24, 2.45) is 0 Å². The molecule has 1 aliphatic heterocycles. The summed E-state index contributed by atoms with van der Waals surface area (Å²) in [6.45, 7) is 2.84. The molecule has 144 valence electrons. The van der Waals surface area contributed by atoms with Gasteiger partial charge in [0.1, 0.15) is 0 Å². The van der Waals surface area contributed by atoms with Crippen LogP contribution in [0.15, 0.2) is 67.0 Å². The van der Waals surface area contributed by atoms with Gasteiger partial charge < -0.3 is 5.32 Å². The van der Waals surface area contributed by atoms with Crippen LogP contribution in [0.5, 0.6) is 0 Å². The van der Waals surface area contributed by atoms with Crippen LogP contribution in [0.1, 0.15) is 28.8 Å². The monoisotopic (exact) mass is 394 g/mol. The van der Waals surface area contributed by atoms with Gasteiger partial charge in [-0.3, -0.25) is 9.69 Å². The van der Waals surface area contributed by atoms with E-state index in [1.54, 1.807) is 17.1 Å². The van der Waals surface area contributed by atoms with E-state index >= 15 is 0 Å². The van der Waals surface area contributed by atoms with Gasteiger partial charge in [-0.2, -0.15) is 5.10 Å². The van der Waals surface area contributed by atoms with Crippen molar-refractivity contribution in [3.63, 3.8) is 0 Å². The molecule has 1 saturated heterocycles. The van der Waals surface area contributed by atoms with Crippen LogP contribution in [-0.4, -0.2) is 39.7 Å². The number of halogens is 1. The van der Waals surface area contributed by atoms with E-state index in [0.29, 0.717) is 10.6 Å². The van der Waals surface area contributed by atoms with Crippen molar-refractivity contribution >= 4 is 17.5 Å². The second-order valence-corrected chi connectivity index (χ2v) is 7.62. The Labute approximate surface area is 169 Å². The second kappa shape index (κ2) is 8.59. The van der Waals surface area contributed by atoms with Crippen molar-refractivity contribution in [1.82, 2.24) is 20.0 Å². The van der Waals surface area contributed by atoms with Crippen molar-refractivity contribution in [2.75, 3.05) is 13.1 Å². The standard InChI is InChI=1S/C22H23ClN4O/c23-19-8-4-10-21(12-19)27-15-18(13-24-27)22(28)25-20-9-5-11-26(16-20)14-17-6-2-1-3-7-17/h1-4,6-8,10,12-13,15,20H,5,9,11,14,16H2,(H,25,28). The number of hydrogen-bond donors (Lipinski definition) is 1. The summed E-state index contributed by atoms with van der Waals surface area (Å²) in [5, 5.41) is 8.10. The summed E-state index contributed by atoms with van der Waals surface area (Å²) in [6, 6.07) is 18.0. The predicted molar refractivity (Wildman–Crippen MR) is 111 cm³/mol. The van der Waals surface area contributed by atoms with Crippen molar-refractivity contribution in [3.05, 3.63) is 83.1 Å². The molecule has 2 aromatic carbocycles. The smallest absolute Gasteiger partial charge is 0.254 e. The third kappa shape index (κ3) is 4.61. The number of amides is 1. The third-order valence-corrected chi connectivity index (χ3v) is 5.24. The van der Waals surface area contributed by atoms with Crippen LogP contribution in [0.2, 0.25) is 5.02 Å². The van der Waals surface area contributed by atoms with Crippen molar-refractivity contribution in [3.8, 4) is 5.69 Å². The summed E-state index contributed by atoms with van der Waals surface area (Å²) in [6.07, 6.45) is 5.42. The van der Waals surface area contributed by atoms with Crippen LogP contribution >= 0.6 is 11.6 Å². The maximum absolute atomic E-state index is 12.7. The Hall–Kier alpha value is -2.63. The van der Waals surface area contributed by atoms with Crippen LogP contribution < -0.4 is 5.32 Å². The number of nitrogens with zero attached hydrogens (tertiary/aromatic N) is 3. The van der Waals surface area contributed by atoms with Gasteiger partial charge in [-0.15, -0.1) is 0 Å². The van der Waals surface area contributed by atoms with Crippen molar-refractivity contribution < 1.29 is 4.79 Å². The van der Waals surface area contributed by atoms with Crippen LogP contribution in [-0.2, 0) is 6.54 Å². The minimum Gasteiger partial charge on any atom is -0.348 e. The summed E-state index contributed by atoms with van der Waals surface area (Å²) in [5.41, 5.74) is 2.69. The van der Waals surface area contributed by atoms with Gasteiger partial charge in [0.25, 0.3) is 5.91 Å². The fourth-order valence-corrected chi connectivity index (χ4v) is 3.81. The molecule has 1 aliphatic rings. The molecular weight excluding hydrogens is 372 g/mol. The normalized spacial score (nSPS) is 17.4. The van der Waals surface area contributed by atoms with E-state index in [0.717, 1.165) is 38.2 Å². The number of likely N-dealkylation sites (tertiary alicyclic amines) is 1. The number of carbonyl (C=O) groups excluding carboxylic acids is 1. The summed E-state index contributed by atoms with van der Waals surface area (Å²) in [4.78, 5) is 15.1. The fourth-order valence-electron chi connectivity index (χ4n) is 3.63. The summed E-state index contributed by atoms with van der Waals surface area (Å²) in [7, 11) is 0. The largest absolute Gasteiger partial charge is 0.348 e. The zero-order valence-electron chi connectivity index (χ0n) is 15.6. The Morgan fingerprint density at radius 3 is 2.86 bits per heavy atom.